The van der Waals surface area contributed by atoms with Crippen LogP contribution in [0.5, 0.6) is 0 Å². The number of hydrogen-bond donors (Lipinski definition) is 0. The van der Waals surface area contributed by atoms with Crippen LogP contribution in [0.1, 0.15) is 11.1 Å². The fourth-order valence-corrected chi connectivity index (χ4v) is 10.2. The van der Waals surface area contributed by atoms with Crippen LogP contribution in [0.15, 0.2) is 73.1 Å². The molecule has 0 amide bonds. The zero-order valence-electron chi connectivity index (χ0n) is 15.9. The van der Waals surface area contributed by atoms with Crippen LogP contribution in [0.25, 0.3) is 0 Å². The smallest absolute Gasteiger partial charge is 0.416 e. The highest BCUT2D eigenvalue weighted by Gasteiger charge is 2.41. The van der Waals surface area contributed by atoms with Crippen molar-refractivity contribution in [2.75, 3.05) is 0 Å². The van der Waals surface area contributed by atoms with Crippen LogP contribution in [-0.2, 0) is 16.5 Å². The lowest BCUT2D eigenvalue weighted by Gasteiger charge is -2.35. The lowest BCUT2D eigenvalue weighted by atomic mass is 10.2. The van der Waals surface area contributed by atoms with Gasteiger partial charge in [0.05, 0.1) is 11.1 Å². The number of benzene rings is 2. The summed E-state index contributed by atoms with van der Waals surface area (Å²) in [6.07, 6.45) is -9.04. The Bertz CT molecular complexity index is 835. The molecule has 156 valence electrons. The van der Waals surface area contributed by atoms with Gasteiger partial charge in [-0.2, -0.15) is 26.3 Å². The van der Waals surface area contributed by atoms with Crippen LogP contribution in [0.3, 0.4) is 0 Å². The molecular formula is C20H20F6OSi2. The topological polar surface area (TPSA) is 9.23 Å². The van der Waals surface area contributed by atoms with Crippen LogP contribution in [-0.4, -0.2) is 16.6 Å². The van der Waals surface area contributed by atoms with Crippen molar-refractivity contribution >= 4 is 27.0 Å². The zero-order chi connectivity index (χ0) is 22.1. The predicted octanol–water partition coefficient (Wildman–Crippen LogP) is 5.46. The van der Waals surface area contributed by atoms with E-state index < -0.39 is 40.1 Å². The molecule has 0 radical (unpaired) electrons. The molecule has 29 heavy (non-hydrogen) atoms. The van der Waals surface area contributed by atoms with Gasteiger partial charge in [-0.3, -0.25) is 0 Å². The van der Waals surface area contributed by atoms with Crippen molar-refractivity contribution in [1.29, 1.82) is 0 Å². The molecule has 0 saturated heterocycles. The number of alkyl halides is 6. The van der Waals surface area contributed by atoms with Crippen molar-refractivity contribution in [1.82, 2.24) is 0 Å². The summed E-state index contributed by atoms with van der Waals surface area (Å²) in [6.45, 7) is 10.8. The third kappa shape index (κ3) is 5.09. The van der Waals surface area contributed by atoms with Gasteiger partial charge in [-0.05, 0) is 35.6 Å². The van der Waals surface area contributed by atoms with Crippen LogP contribution < -0.4 is 10.4 Å². The molecule has 0 heterocycles. The Morgan fingerprint density at radius 1 is 0.724 bits per heavy atom. The van der Waals surface area contributed by atoms with E-state index in [1.165, 1.54) is 35.7 Å². The monoisotopic (exact) mass is 446 g/mol. The Hall–Kier alpha value is -2.11. The molecule has 0 aromatic heterocycles. The molecule has 2 aromatic rings. The Kier molecular flexibility index (Phi) is 6.36. The third-order valence-electron chi connectivity index (χ3n) is 4.73. The second kappa shape index (κ2) is 7.96. The van der Waals surface area contributed by atoms with E-state index in [1.807, 2.05) is 0 Å². The summed E-state index contributed by atoms with van der Waals surface area (Å²) >= 11 is 0. The highest BCUT2D eigenvalue weighted by molar-refractivity contribution is 7.01. The average molecular weight is 447 g/mol. The van der Waals surface area contributed by atoms with Crippen molar-refractivity contribution in [3.8, 4) is 0 Å². The molecule has 0 aliphatic rings. The number of hydrogen-bond acceptors (Lipinski definition) is 1. The minimum absolute atomic E-state index is 0.329. The van der Waals surface area contributed by atoms with Crippen molar-refractivity contribution in [3.63, 3.8) is 0 Å². The molecule has 0 fully saturated rings. The second-order valence-corrected chi connectivity index (χ2v) is 14.1. The third-order valence-corrected chi connectivity index (χ3v) is 12.6. The maximum Gasteiger partial charge on any atom is 0.416 e. The molecule has 9 heteroatoms. The molecule has 0 N–H and O–H groups in total. The fraction of sp³-hybridized carbons (Fsp3) is 0.200. The van der Waals surface area contributed by atoms with Crippen LogP contribution in [0, 0.1) is 0 Å². The van der Waals surface area contributed by atoms with E-state index in [-0.39, 0.29) is 0 Å². The van der Waals surface area contributed by atoms with Gasteiger partial charge in [0, 0.05) is 0 Å². The predicted molar refractivity (Wildman–Crippen MR) is 107 cm³/mol. The molecular weight excluding hydrogens is 426 g/mol. The first-order valence-electron chi connectivity index (χ1n) is 8.58. The van der Waals surface area contributed by atoms with Crippen molar-refractivity contribution in [3.05, 3.63) is 84.2 Å². The van der Waals surface area contributed by atoms with E-state index in [9.17, 15) is 26.3 Å². The molecule has 0 aliphatic carbocycles. The summed E-state index contributed by atoms with van der Waals surface area (Å²) in [4.78, 5) is 0. The first-order valence-corrected chi connectivity index (χ1v) is 13.5. The maximum atomic E-state index is 13.1. The highest BCUT2D eigenvalue weighted by atomic mass is 28.4. The molecule has 0 saturated carbocycles. The Labute approximate surface area is 167 Å². The van der Waals surface area contributed by atoms with Gasteiger partial charge in [0.25, 0.3) is 0 Å². The molecule has 2 rings (SSSR count). The second-order valence-electron chi connectivity index (χ2n) is 6.88. The maximum absolute atomic E-state index is 13.1. The van der Waals surface area contributed by atoms with Gasteiger partial charge >= 0.3 is 12.4 Å². The van der Waals surface area contributed by atoms with Crippen LogP contribution in [0.4, 0.5) is 26.3 Å². The Balaban J connectivity index is 2.52. The first-order chi connectivity index (χ1) is 13.2. The van der Waals surface area contributed by atoms with E-state index in [4.69, 9.17) is 4.12 Å². The normalized spacial score (nSPS) is 16.6. The van der Waals surface area contributed by atoms with Gasteiger partial charge < -0.3 is 4.12 Å². The van der Waals surface area contributed by atoms with Crippen molar-refractivity contribution < 1.29 is 30.5 Å². The lowest BCUT2D eigenvalue weighted by molar-refractivity contribution is -0.138. The quantitative estimate of drug-likeness (QED) is 0.423. The Morgan fingerprint density at radius 2 is 1.07 bits per heavy atom. The van der Waals surface area contributed by atoms with E-state index in [0.717, 1.165) is 24.3 Å². The summed E-state index contributed by atoms with van der Waals surface area (Å²) in [5.74, 6) is 0. The zero-order valence-corrected chi connectivity index (χ0v) is 17.9. The van der Waals surface area contributed by atoms with Gasteiger partial charge in [0.2, 0.25) is 16.6 Å². The fourth-order valence-electron chi connectivity index (χ4n) is 2.89. The van der Waals surface area contributed by atoms with Gasteiger partial charge in [0.15, 0.2) is 0 Å². The van der Waals surface area contributed by atoms with Crippen molar-refractivity contribution in [2.24, 2.45) is 0 Å². The summed E-state index contributed by atoms with van der Waals surface area (Å²) in [7, 11) is -6.28. The minimum atomic E-state index is -4.52. The summed E-state index contributed by atoms with van der Waals surface area (Å²) < 4.78 is 85.1. The molecule has 2 unspecified atom stereocenters. The van der Waals surface area contributed by atoms with E-state index in [2.05, 4.69) is 13.2 Å². The van der Waals surface area contributed by atoms with E-state index >= 15 is 0 Å². The average Bonchev–Trinajstić information content (AvgIpc) is 2.66. The number of halogens is 6. The van der Waals surface area contributed by atoms with Gasteiger partial charge in [-0.15, -0.1) is 13.2 Å². The van der Waals surface area contributed by atoms with Crippen molar-refractivity contribution in [2.45, 2.75) is 25.4 Å². The standard InChI is InChI=1S/C20H20F6OSi2/c1-5-28(3,17-11-7-9-15(13-17)19(21,22)23)27-29(4,6-2)18-12-8-10-16(14-18)20(24,25)26/h5-14H,1-2H2,3-4H3. The number of rotatable bonds is 6. The lowest BCUT2D eigenvalue weighted by Crippen LogP contribution is -2.59. The Morgan fingerprint density at radius 3 is 1.34 bits per heavy atom. The van der Waals surface area contributed by atoms with E-state index in [1.54, 1.807) is 13.1 Å². The molecule has 2 atom stereocenters. The minimum Gasteiger partial charge on any atom is -0.443 e. The largest absolute Gasteiger partial charge is 0.443 e. The first kappa shape index (κ1) is 23.2. The molecule has 1 nitrogen and oxygen atoms in total. The molecule has 2 aromatic carbocycles. The van der Waals surface area contributed by atoms with Gasteiger partial charge in [-0.1, -0.05) is 47.8 Å². The molecule has 0 aliphatic heterocycles. The highest BCUT2D eigenvalue weighted by Crippen LogP contribution is 2.30. The van der Waals surface area contributed by atoms with E-state index in [0.29, 0.717) is 10.4 Å². The summed E-state index contributed by atoms with van der Waals surface area (Å²) in [5, 5.41) is 0.657. The van der Waals surface area contributed by atoms with Gasteiger partial charge in [-0.25, -0.2) is 0 Å². The summed E-state index contributed by atoms with van der Waals surface area (Å²) in [6, 6.07) is 9.55. The SMILES string of the molecule is C=C[Si](C)(O[Si](C)(C=C)c1cccc(C(F)(F)F)c1)c1cccc(C(F)(F)F)c1. The van der Waals surface area contributed by atoms with Crippen LogP contribution in [0.2, 0.25) is 13.1 Å². The molecule has 0 spiro atoms. The molecule has 0 bridgehead atoms. The van der Waals surface area contributed by atoms with Crippen LogP contribution >= 0.6 is 0 Å². The van der Waals surface area contributed by atoms with Gasteiger partial charge in [0.1, 0.15) is 0 Å². The summed E-state index contributed by atoms with van der Waals surface area (Å²) in [5.41, 5.74) is 1.32.